The van der Waals surface area contributed by atoms with E-state index in [1.807, 2.05) is 0 Å². The average molecular weight is 533 g/mol. The van der Waals surface area contributed by atoms with Gasteiger partial charge in [0, 0.05) is 0 Å². The molecule has 218 valence electrons. The molecule has 0 aromatic heterocycles. The second-order valence-electron chi connectivity index (χ2n) is 12.7. The third-order valence-corrected chi connectivity index (χ3v) is 9.82. The summed E-state index contributed by atoms with van der Waals surface area (Å²) in [6.07, 6.45) is 28.1. The van der Waals surface area contributed by atoms with E-state index in [1.54, 1.807) is 12.1 Å². The normalized spacial score (nSPS) is 24.0. The molecule has 0 amide bonds. The highest BCUT2D eigenvalue weighted by atomic mass is 19.2. The van der Waals surface area contributed by atoms with Crippen LogP contribution in [0.15, 0.2) is 12.1 Å². The molecule has 2 fully saturated rings. The van der Waals surface area contributed by atoms with Gasteiger partial charge in [0.05, 0.1) is 6.61 Å². The molecular weight excluding hydrogens is 474 g/mol. The quantitative estimate of drug-likeness (QED) is 0.171. The first kappa shape index (κ1) is 31.4. The fourth-order valence-electron chi connectivity index (χ4n) is 7.28. The number of benzene rings is 1. The van der Waals surface area contributed by atoms with Crippen molar-refractivity contribution in [3.63, 3.8) is 0 Å². The first-order chi connectivity index (χ1) is 18.6. The maximum Gasteiger partial charge on any atom is 0.200 e. The van der Waals surface area contributed by atoms with Crippen LogP contribution in [0.1, 0.15) is 167 Å². The molecule has 0 radical (unpaired) electrons. The minimum Gasteiger partial charge on any atom is -0.490 e. The SMILES string of the molecule is CCCCCCCCCOc1ccc(C2CCC(C3CCC(CCCCCCCC)CC3)CC2)c(F)c1F. The van der Waals surface area contributed by atoms with E-state index in [9.17, 15) is 4.39 Å². The molecule has 1 aromatic carbocycles. The highest BCUT2D eigenvalue weighted by molar-refractivity contribution is 5.33. The number of hydrogen-bond acceptors (Lipinski definition) is 1. The lowest BCUT2D eigenvalue weighted by molar-refractivity contribution is 0.155. The third-order valence-electron chi connectivity index (χ3n) is 9.82. The van der Waals surface area contributed by atoms with Gasteiger partial charge in [0.15, 0.2) is 11.6 Å². The molecule has 0 bridgehead atoms. The molecule has 0 N–H and O–H groups in total. The van der Waals surface area contributed by atoms with Crippen molar-refractivity contribution < 1.29 is 13.5 Å². The Morgan fingerprint density at radius 1 is 0.605 bits per heavy atom. The summed E-state index contributed by atoms with van der Waals surface area (Å²) in [5.74, 6) is 1.40. The topological polar surface area (TPSA) is 9.23 Å². The van der Waals surface area contributed by atoms with Crippen molar-refractivity contribution in [1.29, 1.82) is 0 Å². The molecule has 38 heavy (non-hydrogen) atoms. The van der Waals surface area contributed by atoms with Gasteiger partial charge in [0.2, 0.25) is 5.82 Å². The van der Waals surface area contributed by atoms with E-state index in [2.05, 4.69) is 13.8 Å². The third kappa shape index (κ3) is 10.5. The summed E-state index contributed by atoms with van der Waals surface area (Å²) in [5.41, 5.74) is 0.576. The molecule has 0 spiro atoms. The molecule has 1 nitrogen and oxygen atoms in total. The zero-order valence-corrected chi connectivity index (χ0v) is 24.9. The molecule has 2 aliphatic rings. The maximum atomic E-state index is 15.0. The summed E-state index contributed by atoms with van der Waals surface area (Å²) in [4.78, 5) is 0. The van der Waals surface area contributed by atoms with Crippen molar-refractivity contribution in [2.45, 2.75) is 161 Å². The van der Waals surface area contributed by atoms with Crippen molar-refractivity contribution in [3.8, 4) is 5.75 Å². The van der Waals surface area contributed by atoms with Crippen LogP contribution in [-0.2, 0) is 0 Å². The fraction of sp³-hybridized carbons (Fsp3) is 0.829. The highest BCUT2D eigenvalue weighted by Crippen LogP contribution is 2.45. The molecule has 0 atom stereocenters. The van der Waals surface area contributed by atoms with Crippen LogP contribution in [0.5, 0.6) is 5.75 Å². The van der Waals surface area contributed by atoms with Gasteiger partial charge in [-0.25, -0.2) is 4.39 Å². The Kier molecular flexibility index (Phi) is 15.1. The Morgan fingerprint density at radius 3 is 1.74 bits per heavy atom. The van der Waals surface area contributed by atoms with Gasteiger partial charge in [-0.2, -0.15) is 4.39 Å². The number of unbranched alkanes of at least 4 members (excludes halogenated alkanes) is 11. The molecule has 2 aliphatic carbocycles. The van der Waals surface area contributed by atoms with Gasteiger partial charge in [-0.05, 0) is 80.2 Å². The van der Waals surface area contributed by atoms with Gasteiger partial charge in [-0.1, -0.05) is 116 Å². The van der Waals surface area contributed by atoms with Gasteiger partial charge in [-0.3, -0.25) is 0 Å². The summed E-state index contributed by atoms with van der Waals surface area (Å²) < 4.78 is 35.4. The Morgan fingerprint density at radius 2 is 1.13 bits per heavy atom. The number of halogens is 2. The monoisotopic (exact) mass is 532 g/mol. The predicted octanol–water partition coefficient (Wildman–Crippen LogP) is 11.9. The van der Waals surface area contributed by atoms with Crippen molar-refractivity contribution in [3.05, 3.63) is 29.3 Å². The van der Waals surface area contributed by atoms with Crippen LogP contribution < -0.4 is 4.74 Å². The first-order valence-electron chi connectivity index (χ1n) is 16.7. The smallest absolute Gasteiger partial charge is 0.200 e. The van der Waals surface area contributed by atoms with E-state index in [0.717, 1.165) is 43.4 Å². The van der Waals surface area contributed by atoms with E-state index in [0.29, 0.717) is 12.2 Å². The van der Waals surface area contributed by atoms with Crippen LogP contribution in [-0.4, -0.2) is 6.61 Å². The van der Waals surface area contributed by atoms with E-state index in [1.165, 1.54) is 116 Å². The molecule has 1 aromatic rings. The highest BCUT2D eigenvalue weighted by Gasteiger charge is 2.32. The van der Waals surface area contributed by atoms with Gasteiger partial charge in [-0.15, -0.1) is 0 Å². The molecule has 0 unspecified atom stereocenters. The van der Waals surface area contributed by atoms with Crippen LogP contribution in [0.4, 0.5) is 8.78 Å². The molecule has 2 saturated carbocycles. The summed E-state index contributed by atoms with van der Waals surface area (Å²) >= 11 is 0. The predicted molar refractivity (Wildman–Crippen MR) is 158 cm³/mol. The van der Waals surface area contributed by atoms with Gasteiger partial charge >= 0.3 is 0 Å². The largest absolute Gasteiger partial charge is 0.490 e. The number of ether oxygens (including phenoxy) is 1. The molecular formula is C35H58F2O. The van der Waals surface area contributed by atoms with Crippen molar-refractivity contribution in [1.82, 2.24) is 0 Å². The Bertz CT molecular complexity index is 747. The van der Waals surface area contributed by atoms with Gasteiger partial charge < -0.3 is 4.74 Å². The zero-order valence-electron chi connectivity index (χ0n) is 24.9. The molecule has 0 heterocycles. The van der Waals surface area contributed by atoms with Crippen LogP contribution in [0.2, 0.25) is 0 Å². The summed E-state index contributed by atoms with van der Waals surface area (Å²) in [5, 5.41) is 0. The standard InChI is InChI=1S/C35H58F2O/c1-3-5-7-9-11-13-15-27-38-33-26-25-32(34(36)35(33)37)31-23-21-30(22-24-31)29-19-17-28(18-20-29)16-14-12-10-8-6-4-2/h25-26,28-31H,3-24,27H2,1-2H3. The second-order valence-corrected chi connectivity index (χ2v) is 12.7. The Balaban J connectivity index is 1.33. The number of hydrogen-bond donors (Lipinski definition) is 0. The Hall–Kier alpha value is -1.12. The van der Waals surface area contributed by atoms with Crippen molar-refractivity contribution >= 4 is 0 Å². The lowest BCUT2D eigenvalue weighted by Gasteiger charge is -2.38. The Labute approximate surface area is 233 Å². The molecule has 3 rings (SSSR count). The zero-order chi connectivity index (χ0) is 27.0. The fourth-order valence-corrected chi connectivity index (χ4v) is 7.28. The number of rotatable bonds is 18. The maximum absolute atomic E-state index is 15.0. The van der Waals surface area contributed by atoms with E-state index < -0.39 is 11.6 Å². The lowest BCUT2D eigenvalue weighted by Crippen LogP contribution is -2.25. The van der Waals surface area contributed by atoms with Crippen LogP contribution in [0.3, 0.4) is 0 Å². The summed E-state index contributed by atoms with van der Waals surface area (Å²) in [6, 6.07) is 3.48. The van der Waals surface area contributed by atoms with Gasteiger partial charge in [0.1, 0.15) is 0 Å². The van der Waals surface area contributed by atoms with Crippen LogP contribution in [0.25, 0.3) is 0 Å². The molecule has 3 heteroatoms. The van der Waals surface area contributed by atoms with Crippen molar-refractivity contribution in [2.24, 2.45) is 17.8 Å². The van der Waals surface area contributed by atoms with Gasteiger partial charge in [0.25, 0.3) is 0 Å². The second kappa shape index (κ2) is 18.3. The van der Waals surface area contributed by atoms with Crippen LogP contribution in [0, 0.1) is 29.4 Å². The summed E-state index contributed by atoms with van der Waals surface area (Å²) in [6.45, 7) is 4.98. The molecule has 0 saturated heterocycles. The summed E-state index contributed by atoms with van der Waals surface area (Å²) in [7, 11) is 0. The first-order valence-corrected chi connectivity index (χ1v) is 16.7. The van der Waals surface area contributed by atoms with E-state index in [4.69, 9.17) is 4.74 Å². The average Bonchev–Trinajstić information content (AvgIpc) is 2.95. The van der Waals surface area contributed by atoms with E-state index >= 15 is 4.39 Å². The van der Waals surface area contributed by atoms with E-state index in [-0.39, 0.29) is 11.7 Å². The molecule has 0 aliphatic heterocycles. The minimum absolute atomic E-state index is 0.0867. The van der Waals surface area contributed by atoms with Crippen LogP contribution >= 0.6 is 0 Å². The minimum atomic E-state index is -0.781. The lowest BCUT2D eigenvalue weighted by atomic mass is 9.68. The van der Waals surface area contributed by atoms with Crippen molar-refractivity contribution in [2.75, 3.05) is 6.61 Å².